The van der Waals surface area contributed by atoms with Gasteiger partial charge in [0, 0.05) is 31.3 Å². The first kappa shape index (κ1) is 27.1. The van der Waals surface area contributed by atoms with E-state index in [2.05, 4.69) is 13.8 Å². The molecule has 7 unspecified atom stereocenters. The Hall–Kier alpha value is -2.05. The number of hydrogen-bond donors (Lipinski definition) is 0. The molecular formula is C33H44O6. The smallest absolute Gasteiger partial charge is 0.338 e. The lowest BCUT2D eigenvalue weighted by Gasteiger charge is -2.63. The molecule has 0 bridgehead atoms. The van der Waals surface area contributed by atoms with Crippen LogP contribution in [0.2, 0.25) is 0 Å². The lowest BCUT2D eigenvalue weighted by molar-refractivity contribution is -0.261. The topological polar surface area (TPSA) is 78.9 Å². The van der Waals surface area contributed by atoms with E-state index in [0.717, 1.165) is 58.0 Å². The van der Waals surface area contributed by atoms with E-state index in [9.17, 15) is 14.4 Å². The third-order valence-corrected chi connectivity index (χ3v) is 11.6. The van der Waals surface area contributed by atoms with Crippen molar-refractivity contribution in [2.24, 2.45) is 40.4 Å². The quantitative estimate of drug-likeness (QED) is 0.420. The summed E-state index contributed by atoms with van der Waals surface area (Å²) in [5, 5.41) is 0. The maximum Gasteiger partial charge on any atom is 0.338 e. The molecule has 39 heavy (non-hydrogen) atoms. The molecular weight excluding hydrogens is 492 g/mol. The molecule has 6 heteroatoms. The van der Waals surface area contributed by atoms with Crippen LogP contribution in [-0.2, 0) is 23.8 Å². The van der Waals surface area contributed by atoms with Crippen molar-refractivity contribution in [1.82, 2.24) is 0 Å². The highest BCUT2D eigenvalue weighted by atomic mass is 16.7. The number of hydrogen-bond acceptors (Lipinski definition) is 6. The minimum absolute atomic E-state index is 0.0274. The first-order valence-electron chi connectivity index (χ1n) is 15.3. The second-order valence-electron chi connectivity index (χ2n) is 13.6. The molecule has 0 radical (unpaired) electrons. The number of ether oxygens (including phenoxy) is 3. The lowest BCUT2D eigenvalue weighted by Crippen LogP contribution is -2.63. The van der Waals surface area contributed by atoms with Crippen LogP contribution in [0, 0.1) is 40.4 Å². The van der Waals surface area contributed by atoms with Gasteiger partial charge in [-0.1, -0.05) is 32.0 Å². The molecule has 1 saturated heterocycles. The lowest BCUT2D eigenvalue weighted by atomic mass is 9.43. The standard InChI is InChI=1S/C33H44O6/c1-20(34)24-12-13-25-23-18-27(39-31(36)21-9-5-4-6-10-21)26-17-22(35)14-15-32(26,2)30(23)28(19-33(24,25)3)38-29-11-7-8-16-37-29/h4-6,9-10,23-30H,7-8,11-19H2,1-3H3/t23?,24?,25?,26-,27+,28+,29?,30?,32?,33?/m0/s1. The molecule has 0 N–H and O–H groups in total. The number of esters is 1. The average molecular weight is 537 g/mol. The van der Waals surface area contributed by atoms with E-state index < -0.39 is 0 Å². The summed E-state index contributed by atoms with van der Waals surface area (Å²) in [7, 11) is 0. The molecule has 4 saturated carbocycles. The summed E-state index contributed by atoms with van der Waals surface area (Å²) in [6.45, 7) is 7.13. The third-order valence-electron chi connectivity index (χ3n) is 11.6. The van der Waals surface area contributed by atoms with Crippen LogP contribution < -0.4 is 0 Å². The van der Waals surface area contributed by atoms with Gasteiger partial charge in [-0.3, -0.25) is 9.59 Å². The number of Topliss-reactive ketones (excluding diaryl/α,β-unsaturated/α-hetero) is 2. The number of ketones is 2. The van der Waals surface area contributed by atoms with Gasteiger partial charge in [0.25, 0.3) is 0 Å². The van der Waals surface area contributed by atoms with E-state index >= 15 is 0 Å². The Kier molecular flexibility index (Phi) is 7.24. The largest absolute Gasteiger partial charge is 0.458 e. The highest BCUT2D eigenvalue weighted by Gasteiger charge is 2.66. The first-order valence-corrected chi connectivity index (χ1v) is 15.3. The predicted octanol–water partition coefficient (Wildman–Crippen LogP) is 6.16. The SMILES string of the molecule is CC(=O)C1CCC2C3C[C@@H](OC(=O)c4ccccc4)[C@@H]4CC(=O)CCC4(C)C3[C@H](OC3CCCCO3)CC12C. The fraction of sp³-hybridized carbons (Fsp3) is 0.727. The van der Waals surface area contributed by atoms with Gasteiger partial charge in [0.05, 0.1) is 11.7 Å². The highest BCUT2D eigenvalue weighted by molar-refractivity contribution is 5.89. The van der Waals surface area contributed by atoms with Crippen LogP contribution in [-0.4, -0.2) is 42.6 Å². The summed E-state index contributed by atoms with van der Waals surface area (Å²) in [5.74, 6) is 1.13. The predicted molar refractivity (Wildman–Crippen MR) is 146 cm³/mol. The monoisotopic (exact) mass is 536 g/mol. The van der Waals surface area contributed by atoms with Gasteiger partial charge in [-0.25, -0.2) is 4.79 Å². The molecule has 212 valence electrons. The van der Waals surface area contributed by atoms with Crippen LogP contribution in [0.3, 0.4) is 0 Å². The first-order chi connectivity index (χ1) is 18.7. The van der Waals surface area contributed by atoms with Crippen molar-refractivity contribution in [2.75, 3.05) is 6.61 Å². The summed E-state index contributed by atoms with van der Waals surface area (Å²) in [6.07, 6.45) is 7.85. The molecule has 1 aromatic rings. The fourth-order valence-corrected chi connectivity index (χ4v) is 9.87. The molecule has 0 spiro atoms. The van der Waals surface area contributed by atoms with Gasteiger partial charge in [0.2, 0.25) is 0 Å². The van der Waals surface area contributed by atoms with E-state index in [0.29, 0.717) is 24.3 Å². The summed E-state index contributed by atoms with van der Waals surface area (Å²) in [6, 6.07) is 9.18. The Morgan fingerprint density at radius 3 is 2.49 bits per heavy atom. The van der Waals surface area contributed by atoms with Crippen molar-refractivity contribution < 1.29 is 28.6 Å². The number of rotatable bonds is 5. The van der Waals surface area contributed by atoms with Gasteiger partial charge in [0.15, 0.2) is 6.29 Å². The van der Waals surface area contributed by atoms with E-state index in [-0.39, 0.29) is 70.5 Å². The Labute approximate surface area is 232 Å². The zero-order valence-corrected chi connectivity index (χ0v) is 23.7. The van der Waals surface area contributed by atoms with Gasteiger partial charge >= 0.3 is 5.97 Å². The van der Waals surface area contributed by atoms with Crippen molar-refractivity contribution in [1.29, 1.82) is 0 Å². The van der Waals surface area contributed by atoms with Crippen molar-refractivity contribution in [3.8, 4) is 0 Å². The summed E-state index contributed by atoms with van der Waals surface area (Å²) in [5.41, 5.74) is 0.214. The average Bonchev–Trinajstić information content (AvgIpc) is 3.27. The van der Waals surface area contributed by atoms with Crippen molar-refractivity contribution in [3.63, 3.8) is 0 Å². The molecule has 6 nitrogen and oxygen atoms in total. The Morgan fingerprint density at radius 1 is 0.974 bits per heavy atom. The molecule has 5 fully saturated rings. The van der Waals surface area contributed by atoms with Crippen molar-refractivity contribution >= 4 is 17.5 Å². The normalized spacial score (nSPS) is 43.6. The number of benzene rings is 1. The van der Waals surface area contributed by atoms with Gasteiger partial charge in [0.1, 0.15) is 17.7 Å². The van der Waals surface area contributed by atoms with Crippen molar-refractivity contribution in [3.05, 3.63) is 35.9 Å². The van der Waals surface area contributed by atoms with Gasteiger partial charge < -0.3 is 14.2 Å². The molecule has 0 amide bonds. The van der Waals surface area contributed by atoms with E-state index in [4.69, 9.17) is 14.2 Å². The molecule has 4 aliphatic carbocycles. The maximum absolute atomic E-state index is 13.3. The summed E-state index contributed by atoms with van der Waals surface area (Å²) >= 11 is 0. The molecule has 10 atom stereocenters. The molecule has 1 aliphatic heterocycles. The van der Waals surface area contributed by atoms with Gasteiger partial charge in [-0.15, -0.1) is 0 Å². The van der Waals surface area contributed by atoms with Gasteiger partial charge in [-0.05, 0) is 99.0 Å². The zero-order valence-electron chi connectivity index (χ0n) is 23.7. The highest BCUT2D eigenvalue weighted by Crippen LogP contribution is 2.68. The Balaban J connectivity index is 1.38. The Bertz CT molecular complexity index is 1090. The zero-order chi connectivity index (χ0) is 27.4. The molecule has 0 aromatic heterocycles. The molecule has 1 heterocycles. The number of carbonyl (C=O) groups is 3. The van der Waals surface area contributed by atoms with Crippen LogP contribution >= 0.6 is 0 Å². The third kappa shape index (κ3) is 4.69. The Morgan fingerprint density at radius 2 is 1.77 bits per heavy atom. The fourth-order valence-electron chi connectivity index (χ4n) is 9.87. The van der Waals surface area contributed by atoms with Crippen LogP contribution in [0.25, 0.3) is 0 Å². The summed E-state index contributed by atoms with van der Waals surface area (Å²) < 4.78 is 19.3. The minimum Gasteiger partial charge on any atom is -0.458 e. The summed E-state index contributed by atoms with van der Waals surface area (Å²) in [4.78, 5) is 39.0. The van der Waals surface area contributed by atoms with Crippen molar-refractivity contribution in [2.45, 2.75) is 103 Å². The molecule has 1 aromatic carbocycles. The van der Waals surface area contributed by atoms with Crippen LogP contribution in [0.1, 0.15) is 95.3 Å². The van der Waals surface area contributed by atoms with E-state index in [1.54, 1.807) is 19.1 Å². The second kappa shape index (κ2) is 10.4. The maximum atomic E-state index is 13.3. The minimum atomic E-state index is -0.321. The van der Waals surface area contributed by atoms with Gasteiger partial charge in [-0.2, -0.15) is 0 Å². The second-order valence-corrected chi connectivity index (χ2v) is 13.6. The van der Waals surface area contributed by atoms with Crippen LogP contribution in [0.15, 0.2) is 30.3 Å². The van der Waals surface area contributed by atoms with E-state index in [1.807, 2.05) is 18.2 Å². The molecule has 6 rings (SSSR count). The van der Waals surface area contributed by atoms with Crippen LogP contribution in [0.5, 0.6) is 0 Å². The van der Waals surface area contributed by atoms with Crippen LogP contribution in [0.4, 0.5) is 0 Å². The van der Waals surface area contributed by atoms with E-state index in [1.165, 1.54) is 0 Å². The molecule has 5 aliphatic rings. The number of carbonyl (C=O) groups excluding carboxylic acids is 3. The number of fused-ring (bicyclic) bond motifs is 5.